The van der Waals surface area contributed by atoms with Crippen molar-refractivity contribution in [1.82, 2.24) is 25.6 Å². The molecule has 2 fully saturated rings. The first-order chi connectivity index (χ1) is 11.2. The van der Waals surface area contributed by atoms with E-state index < -0.39 is 17.5 Å². The minimum atomic E-state index is -0.958. The van der Waals surface area contributed by atoms with E-state index in [1.165, 1.54) is 0 Å². The first kappa shape index (κ1) is 18.6. The van der Waals surface area contributed by atoms with Crippen molar-refractivity contribution in [3.63, 3.8) is 0 Å². The maximum Gasteiger partial charge on any atom is 0.344 e. The van der Waals surface area contributed by atoms with Gasteiger partial charge in [0.15, 0.2) is 0 Å². The van der Waals surface area contributed by atoms with Crippen LogP contribution in [0.3, 0.4) is 0 Å². The average Bonchev–Trinajstić information content (AvgIpc) is 2.71. The van der Waals surface area contributed by atoms with Crippen molar-refractivity contribution in [2.75, 3.05) is 46.9 Å². The number of carbonyl (C=O) groups excluding carboxylic acids is 3. The van der Waals surface area contributed by atoms with Gasteiger partial charge in [-0.1, -0.05) is 6.92 Å². The van der Waals surface area contributed by atoms with Crippen LogP contribution in [0.4, 0.5) is 4.79 Å². The van der Waals surface area contributed by atoms with E-state index in [0.717, 1.165) is 11.6 Å². The second-order valence-electron chi connectivity index (χ2n) is 6.78. The van der Waals surface area contributed by atoms with Gasteiger partial charge in [0.2, 0.25) is 0 Å². The molecule has 0 radical (unpaired) electrons. The van der Waals surface area contributed by atoms with Gasteiger partial charge in [-0.15, -0.1) is 0 Å². The number of likely N-dealkylation sites (N-methyl/N-ethyl adjacent to an activating group) is 1. The summed E-state index contributed by atoms with van der Waals surface area (Å²) >= 11 is 0. The first-order valence-electron chi connectivity index (χ1n) is 8.20. The summed E-state index contributed by atoms with van der Waals surface area (Å²) in [7, 11) is 3.94. The number of hydrogen-bond acceptors (Lipinski definition) is 6. The van der Waals surface area contributed by atoms with Gasteiger partial charge in [-0.05, 0) is 27.4 Å². The fourth-order valence-corrected chi connectivity index (χ4v) is 2.83. The number of ether oxygens (including phenoxy) is 1. The van der Waals surface area contributed by atoms with Crippen LogP contribution < -0.4 is 10.7 Å². The molecule has 136 valence electrons. The van der Waals surface area contributed by atoms with E-state index in [9.17, 15) is 14.4 Å². The number of urea groups is 1. The fourth-order valence-electron chi connectivity index (χ4n) is 2.83. The lowest BCUT2D eigenvalue weighted by Crippen LogP contribution is -2.53. The van der Waals surface area contributed by atoms with Crippen LogP contribution in [0.15, 0.2) is 0 Å². The smallest absolute Gasteiger partial charge is 0.344 e. The zero-order chi connectivity index (χ0) is 17.9. The van der Waals surface area contributed by atoms with Crippen LogP contribution in [0.2, 0.25) is 0 Å². The molecule has 2 rings (SSSR count). The largest absolute Gasteiger partial charge is 0.374 e. The predicted molar refractivity (Wildman–Crippen MR) is 87.0 cm³/mol. The highest BCUT2D eigenvalue weighted by Crippen LogP contribution is 2.19. The number of nitrogens with one attached hydrogen (secondary N) is 2. The summed E-state index contributed by atoms with van der Waals surface area (Å²) in [6.45, 7) is 6.19. The molecule has 2 N–H and O–H groups in total. The third-order valence-electron chi connectivity index (χ3n) is 4.36. The van der Waals surface area contributed by atoms with Crippen LogP contribution >= 0.6 is 0 Å². The van der Waals surface area contributed by atoms with Gasteiger partial charge in [-0.25, -0.2) is 4.79 Å². The van der Waals surface area contributed by atoms with Crippen LogP contribution in [0, 0.1) is 0 Å². The Morgan fingerprint density at radius 1 is 1.46 bits per heavy atom. The lowest BCUT2D eigenvalue weighted by Gasteiger charge is -2.33. The van der Waals surface area contributed by atoms with Gasteiger partial charge in [0.05, 0.1) is 19.3 Å². The van der Waals surface area contributed by atoms with Crippen LogP contribution in [-0.2, 0) is 14.3 Å². The van der Waals surface area contributed by atoms with Crippen molar-refractivity contribution in [3.05, 3.63) is 0 Å². The molecular weight excluding hydrogens is 314 g/mol. The number of imide groups is 1. The monoisotopic (exact) mass is 341 g/mol. The highest BCUT2D eigenvalue weighted by Gasteiger charge is 2.47. The lowest BCUT2D eigenvalue weighted by molar-refractivity contribution is -0.140. The van der Waals surface area contributed by atoms with Gasteiger partial charge in [0, 0.05) is 19.6 Å². The molecule has 0 aliphatic carbocycles. The van der Waals surface area contributed by atoms with E-state index in [4.69, 9.17) is 4.74 Å². The Hall–Kier alpha value is -1.71. The third-order valence-corrected chi connectivity index (χ3v) is 4.36. The molecule has 0 aromatic heterocycles. The summed E-state index contributed by atoms with van der Waals surface area (Å²) in [6.07, 6.45) is 0.501. The van der Waals surface area contributed by atoms with E-state index in [0.29, 0.717) is 26.1 Å². The van der Waals surface area contributed by atoms with Crippen molar-refractivity contribution in [2.24, 2.45) is 0 Å². The number of hydrazine groups is 1. The Morgan fingerprint density at radius 3 is 2.75 bits per heavy atom. The van der Waals surface area contributed by atoms with E-state index in [-0.39, 0.29) is 18.6 Å². The zero-order valence-electron chi connectivity index (χ0n) is 14.8. The molecule has 2 heterocycles. The highest BCUT2D eigenvalue weighted by molar-refractivity contribution is 6.07. The Balaban J connectivity index is 1.87. The average molecular weight is 341 g/mol. The lowest BCUT2D eigenvalue weighted by atomic mass is 10.00. The second kappa shape index (κ2) is 7.45. The fraction of sp³-hybridized carbons (Fsp3) is 0.800. The number of morpholine rings is 1. The Bertz CT molecular complexity index is 512. The molecule has 0 unspecified atom stereocenters. The molecule has 2 atom stereocenters. The van der Waals surface area contributed by atoms with Gasteiger partial charge in [0.1, 0.15) is 5.54 Å². The predicted octanol–water partition coefficient (Wildman–Crippen LogP) is -0.999. The molecule has 0 bridgehead atoms. The van der Waals surface area contributed by atoms with Crippen LogP contribution in [0.5, 0.6) is 0 Å². The molecular formula is C15H27N5O4. The molecule has 2 aliphatic heterocycles. The molecule has 2 aliphatic rings. The van der Waals surface area contributed by atoms with E-state index in [1.54, 1.807) is 6.92 Å². The van der Waals surface area contributed by atoms with Crippen molar-refractivity contribution in [3.8, 4) is 0 Å². The minimum Gasteiger partial charge on any atom is -0.374 e. The molecule has 0 aromatic rings. The van der Waals surface area contributed by atoms with Crippen LogP contribution in [-0.4, -0.2) is 91.2 Å². The molecule has 24 heavy (non-hydrogen) atoms. The molecule has 2 saturated heterocycles. The minimum absolute atomic E-state index is 0.0432. The SMILES string of the molecule is CC[C@]1(C)NC(=O)N(NC(=O)CN2CCO[C@@H](CN(C)C)C2)C1=O. The number of nitrogens with zero attached hydrogens (tertiary/aromatic N) is 3. The van der Waals surface area contributed by atoms with Gasteiger partial charge in [-0.3, -0.25) is 19.9 Å². The Labute approximate surface area is 142 Å². The Kier molecular flexibility index (Phi) is 5.79. The van der Waals surface area contributed by atoms with Gasteiger partial charge in [0.25, 0.3) is 11.8 Å². The van der Waals surface area contributed by atoms with Gasteiger partial charge >= 0.3 is 6.03 Å². The van der Waals surface area contributed by atoms with E-state index >= 15 is 0 Å². The molecule has 4 amide bonds. The number of amides is 4. The number of carbonyl (C=O) groups is 3. The van der Waals surface area contributed by atoms with Gasteiger partial charge < -0.3 is 15.0 Å². The summed E-state index contributed by atoms with van der Waals surface area (Å²) in [4.78, 5) is 40.4. The molecule has 0 saturated carbocycles. The van der Waals surface area contributed by atoms with Crippen molar-refractivity contribution in [1.29, 1.82) is 0 Å². The molecule has 0 spiro atoms. The van der Waals surface area contributed by atoms with E-state index in [1.807, 2.05) is 30.8 Å². The third kappa shape index (κ3) is 4.22. The molecule has 9 heteroatoms. The normalized spacial score (nSPS) is 28.4. The maximum atomic E-state index is 12.3. The standard InChI is InChI=1S/C15H27N5O4/c1-5-15(2)13(22)20(14(23)16-15)17-12(21)10-19-6-7-24-11(9-19)8-18(3)4/h11H,5-10H2,1-4H3,(H,16,23)(H,17,21)/t11-,15-/m0/s1. The highest BCUT2D eigenvalue weighted by atomic mass is 16.5. The van der Waals surface area contributed by atoms with Crippen molar-refractivity contribution >= 4 is 17.8 Å². The summed E-state index contributed by atoms with van der Waals surface area (Å²) in [5.74, 6) is -0.819. The topological polar surface area (TPSA) is 94.2 Å². The molecule has 9 nitrogen and oxygen atoms in total. The van der Waals surface area contributed by atoms with Crippen molar-refractivity contribution < 1.29 is 19.1 Å². The summed E-state index contributed by atoms with van der Waals surface area (Å²) in [6, 6.07) is -0.592. The quantitative estimate of drug-likeness (QED) is 0.602. The first-order valence-corrected chi connectivity index (χ1v) is 8.20. The maximum absolute atomic E-state index is 12.3. The number of hydrogen-bond donors (Lipinski definition) is 2. The summed E-state index contributed by atoms with van der Waals surface area (Å²) < 4.78 is 5.67. The Morgan fingerprint density at radius 2 is 2.17 bits per heavy atom. The van der Waals surface area contributed by atoms with Crippen molar-refractivity contribution in [2.45, 2.75) is 31.9 Å². The summed E-state index contributed by atoms with van der Waals surface area (Å²) in [5, 5.41) is 3.38. The van der Waals surface area contributed by atoms with Crippen LogP contribution in [0.25, 0.3) is 0 Å². The second-order valence-corrected chi connectivity index (χ2v) is 6.78. The number of rotatable bonds is 6. The van der Waals surface area contributed by atoms with Crippen LogP contribution in [0.1, 0.15) is 20.3 Å². The van der Waals surface area contributed by atoms with E-state index in [2.05, 4.69) is 10.7 Å². The zero-order valence-corrected chi connectivity index (χ0v) is 14.8. The van der Waals surface area contributed by atoms with Gasteiger partial charge in [-0.2, -0.15) is 5.01 Å². The summed E-state index contributed by atoms with van der Waals surface area (Å²) in [5.41, 5.74) is 1.45. The molecule has 0 aromatic carbocycles.